The number of carboxylic acid groups (broad SMARTS) is 3. The fraction of sp³-hybridized carbons (Fsp3) is 0.636. The number of carbonyl (C=O) groups is 4. The van der Waals surface area contributed by atoms with E-state index in [1.165, 1.54) is 11.8 Å². The lowest BCUT2D eigenvalue weighted by Crippen LogP contribution is -2.52. The molecule has 0 bridgehead atoms. The molecule has 120 valence electrons. The summed E-state index contributed by atoms with van der Waals surface area (Å²) in [7, 11) is 0. The number of aliphatic carboxylic acids is 3. The lowest BCUT2D eigenvalue weighted by atomic mass is 10.1. The van der Waals surface area contributed by atoms with Crippen LogP contribution in [0.1, 0.15) is 19.8 Å². The standard InChI is InChI=1S/C11H18N2O7S/c1-2-21-5-7(10(18)19)13-11(20)12-6(9(16)17)3-4-8(14)15/h6-7H,2-5H2,1H3,(H,14,15)(H,16,17)(H,18,19)(H2,12,13,20)/t6-,7-/m0/s1. The van der Waals surface area contributed by atoms with Gasteiger partial charge < -0.3 is 26.0 Å². The van der Waals surface area contributed by atoms with E-state index in [4.69, 9.17) is 15.3 Å². The van der Waals surface area contributed by atoms with Gasteiger partial charge in [0.1, 0.15) is 12.1 Å². The Hall–Kier alpha value is -1.97. The zero-order valence-corrected chi connectivity index (χ0v) is 12.2. The summed E-state index contributed by atoms with van der Waals surface area (Å²) >= 11 is 1.31. The molecular formula is C11H18N2O7S. The molecule has 2 atom stereocenters. The molecule has 10 heteroatoms. The van der Waals surface area contributed by atoms with E-state index >= 15 is 0 Å². The van der Waals surface area contributed by atoms with Gasteiger partial charge in [-0.1, -0.05) is 6.92 Å². The normalized spacial score (nSPS) is 13.0. The second kappa shape index (κ2) is 9.86. The van der Waals surface area contributed by atoms with E-state index in [1.807, 2.05) is 12.2 Å². The molecule has 0 rings (SSSR count). The molecule has 5 N–H and O–H groups in total. The van der Waals surface area contributed by atoms with Crippen LogP contribution < -0.4 is 10.6 Å². The summed E-state index contributed by atoms with van der Waals surface area (Å²) in [5.41, 5.74) is 0. The van der Waals surface area contributed by atoms with Gasteiger partial charge in [-0.05, 0) is 12.2 Å². The van der Waals surface area contributed by atoms with Crippen LogP contribution in [0.5, 0.6) is 0 Å². The molecule has 0 unspecified atom stereocenters. The first kappa shape index (κ1) is 19.0. The van der Waals surface area contributed by atoms with Crippen molar-refractivity contribution in [2.75, 3.05) is 11.5 Å². The number of hydrogen-bond donors (Lipinski definition) is 5. The molecule has 0 aromatic heterocycles. The quantitative estimate of drug-likeness (QED) is 0.371. The Kier molecular flexibility index (Phi) is 8.93. The van der Waals surface area contributed by atoms with E-state index in [-0.39, 0.29) is 12.2 Å². The van der Waals surface area contributed by atoms with Gasteiger partial charge in [0.2, 0.25) is 0 Å². The molecule has 0 aromatic carbocycles. The third kappa shape index (κ3) is 8.74. The highest BCUT2D eigenvalue weighted by Crippen LogP contribution is 2.03. The van der Waals surface area contributed by atoms with Crippen molar-refractivity contribution in [1.82, 2.24) is 10.6 Å². The largest absolute Gasteiger partial charge is 0.481 e. The highest BCUT2D eigenvalue weighted by molar-refractivity contribution is 7.99. The van der Waals surface area contributed by atoms with E-state index in [0.29, 0.717) is 5.75 Å². The molecule has 0 aliphatic heterocycles. The highest BCUT2D eigenvalue weighted by atomic mass is 32.2. The first-order chi connectivity index (χ1) is 9.77. The number of urea groups is 1. The predicted octanol–water partition coefficient (Wildman–Crippen LogP) is -0.190. The van der Waals surface area contributed by atoms with Crippen molar-refractivity contribution in [1.29, 1.82) is 0 Å². The van der Waals surface area contributed by atoms with Crippen LogP contribution in [0, 0.1) is 0 Å². The second-order valence-corrected chi connectivity index (χ2v) is 5.31. The zero-order chi connectivity index (χ0) is 16.4. The monoisotopic (exact) mass is 322 g/mol. The first-order valence-electron chi connectivity index (χ1n) is 6.10. The molecule has 2 amide bonds. The SMILES string of the molecule is CCSC[C@H](NC(=O)N[C@@H](CCC(=O)O)C(=O)O)C(=O)O. The molecule has 9 nitrogen and oxygen atoms in total. The van der Waals surface area contributed by atoms with E-state index in [2.05, 4.69) is 5.32 Å². The smallest absolute Gasteiger partial charge is 0.327 e. The number of carboxylic acids is 3. The number of rotatable bonds is 10. The maximum absolute atomic E-state index is 11.6. The third-order valence-electron chi connectivity index (χ3n) is 2.34. The van der Waals surface area contributed by atoms with Crippen molar-refractivity contribution in [3.8, 4) is 0 Å². The summed E-state index contributed by atoms with van der Waals surface area (Å²) in [5.74, 6) is -2.99. The van der Waals surface area contributed by atoms with Gasteiger partial charge in [-0.2, -0.15) is 11.8 Å². The van der Waals surface area contributed by atoms with Crippen LogP contribution >= 0.6 is 11.8 Å². The predicted molar refractivity (Wildman–Crippen MR) is 74.4 cm³/mol. The van der Waals surface area contributed by atoms with Crippen LogP contribution in [-0.2, 0) is 14.4 Å². The molecule has 0 saturated heterocycles. The number of amides is 2. The van der Waals surface area contributed by atoms with E-state index in [0.717, 1.165) is 0 Å². The number of nitrogens with one attached hydrogen (secondary N) is 2. The Bertz CT molecular complexity index is 402. The number of carbonyl (C=O) groups excluding carboxylic acids is 1. The molecule has 0 spiro atoms. The average Bonchev–Trinajstić information content (AvgIpc) is 2.38. The molecule has 0 saturated carbocycles. The van der Waals surface area contributed by atoms with Crippen LogP contribution in [0.2, 0.25) is 0 Å². The van der Waals surface area contributed by atoms with Gasteiger partial charge in [0.25, 0.3) is 0 Å². The summed E-state index contributed by atoms with van der Waals surface area (Å²) in [5, 5.41) is 30.5. The summed E-state index contributed by atoms with van der Waals surface area (Å²) < 4.78 is 0. The van der Waals surface area contributed by atoms with Crippen molar-refractivity contribution in [3.05, 3.63) is 0 Å². The maximum atomic E-state index is 11.6. The Morgan fingerprint density at radius 3 is 1.95 bits per heavy atom. The fourth-order valence-corrected chi connectivity index (χ4v) is 1.99. The van der Waals surface area contributed by atoms with Crippen LogP contribution in [0.25, 0.3) is 0 Å². The summed E-state index contributed by atoms with van der Waals surface area (Å²) in [6, 6.07) is -3.50. The van der Waals surface area contributed by atoms with Crippen LogP contribution in [0.4, 0.5) is 4.79 Å². The summed E-state index contributed by atoms with van der Waals surface area (Å²) in [4.78, 5) is 43.8. The topological polar surface area (TPSA) is 153 Å². The van der Waals surface area contributed by atoms with Gasteiger partial charge in [-0.3, -0.25) is 4.79 Å². The van der Waals surface area contributed by atoms with Gasteiger partial charge in [0.15, 0.2) is 0 Å². The molecule has 0 aliphatic rings. The first-order valence-corrected chi connectivity index (χ1v) is 7.25. The molecule has 0 fully saturated rings. The fourth-order valence-electron chi connectivity index (χ4n) is 1.29. The van der Waals surface area contributed by atoms with Gasteiger partial charge >= 0.3 is 23.9 Å². The molecule has 0 aliphatic carbocycles. The minimum Gasteiger partial charge on any atom is -0.481 e. The lowest BCUT2D eigenvalue weighted by Gasteiger charge is -2.17. The van der Waals surface area contributed by atoms with E-state index in [9.17, 15) is 19.2 Å². The van der Waals surface area contributed by atoms with E-state index in [1.54, 1.807) is 0 Å². The van der Waals surface area contributed by atoms with Crippen LogP contribution in [0.15, 0.2) is 0 Å². The van der Waals surface area contributed by atoms with Crippen molar-refractivity contribution in [2.45, 2.75) is 31.8 Å². The second-order valence-electron chi connectivity index (χ2n) is 3.99. The Balaban J connectivity index is 4.49. The van der Waals surface area contributed by atoms with Gasteiger partial charge in [-0.25, -0.2) is 14.4 Å². The van der Waals surface area contributed by atoms with Gasteiger partial charge in [-0.15, -0.1) is 0 Å². The highest BCUT2D eigenvalue weighted by Gasteiger charge is 2.24. The minimum atomic E-state index is -1.39. The van der Waals surface area contributed by atoms with Gasteiger partial charge in [0.05, 0.1) is 0 Å². The van der Waals surface area contributed by atoms with Gasteiger partial charge in [0, 0.05) is 12.2 Å². The molecular weight excluding hydrogens is 304 g/mol. The van der Waals surface area contributed by atoms with Crippen LogP contribution in [0.3, 0.4) is 0 Å². The van der Waals surface area contributed by atoms with Crippen molar-refractivity contribution in [2.24, 2.45) is 0 Å². The Labute approximate surface area is 125 Å². The average molecular weight is 322 g/mol. The Morgan fingerprint density at radius 2 is 1.52 bits per heavy atom. The molecule has 21 heavy (non-hydrogen) atoms. The lowest BCUT2D eigenvalue weighted by molar-refractivity contribution is -0.140. The molecule has 0 radical (unpaired) electrons. The van der Waals surface area contributed by atoms with E-state index < -0.39 is 42.4 Å². The molecule has 0 heterocycles. The number of hydrogen-bond acceptors (Lipinski definition) is 5. The summed E-state index contributed by atoms with van der Waals surface area (Å²) in [6.45, 7) is 1.83. The van der Waals surface area contributed by atoms with Crippen molar-refractivity contribution >= 4 is 35.7 Å². The Morgan fingerprint density at radius 1 is 1.00 bits per heavy atom. The summed E-state index contributed by atoms with van der Waals surface area (Å²) in [6.07, 6.45) is -0.717. The van der Waals surface area contributed by atoms with Crippen molar-refractivity contribution in [3.63, 3.8) is 0 Å². The maximum Gasteiger partial charge on any atom is 0.327 e. The zero-order valence-electron chi connectivity index (χ0n) is 11.4. The van der Waals surface area contributed by atoms with Crippen molar-refractivity contribution < 1.29 is 34.5 Å². The molecule has 0 aromatic rings. The minimum absolute atomic E-state index is 0.145. The van der Waals surface area contributed by atoms with Crippen LogP contribution in [-0.4, -0.2) is 62.8 Å². The number of thioether (sulfide) groups is 1. The third-order valence-corrected chi connectivity index (χ3v) is 3.32.